The van der Waals surface area contributed by atoms with Crippen LogP contribution in [0.2, 0.25) is 0 Å². The van der Waals surface area contributed by atoms with Crippen molar-refractivity contribution in [3.05, 3.63) is 59.4 Å². The Bertz CT molecular complexity index is 1000. The summed E-state index contributed by atoms with van der Waals surface area (Å²) in [5.41, 5.74) is 2.26. The van der Waals surface area contributed by atoms with Crippen molar-refractivity contribution >= 4 is 34.5 Å². The fraction of sp³-hybridized carbons (Fsp3) is 0.111. The van der Waals surface area contributed by atoms with Crippen LogP contribution in [0.3, 0.4) is 0 Å². The molecule has 0 atom stereocenters. The molecule has 0 saturated heterocycles. The zero-order valence-electron chi connectivity index (χ0n) is 13.3. The Morgan fingerprint density at radius 3 is 2.44 bits per heavy atom. The van der Waals surface area contributed by atoms with E-state index >= 15 is 0 Å². The minimum Gasteiger partial charge on any atom is -0.460 e. The number of nitrogens with one attached hydrogen (secondary N) is 1. The number of fused-ring (bicyclic) bond motifs is 2. The molecule has 0 aliphatic carbocycles. The van der Waals surface area contributed by atoms with E-state index in [1.54, 1.807) is 49.4 Å². The van der Waals surface area contributed by atoms with E-state index in [1.165, 1.54) is 0 Å². The number of nitrogens with zero attached hydrogens (tertiary/aromatic N) is 2. The Morgan fingerprint density at radius 2 is 1.80 bits per heavy atom. The number of benzene rings is 2. The molecule has 2 amide bonds. The van der Waals surface area contributed by atoms with Gasteiger partial charge in [0.05, 0.1) is 34.5 Å². The van der Waals surface area contributed by atoms with Crippen LogP contribution in [0.5, 0.6) is 0 Å². The Hall–Kier alpha value is -3.48. The van der Waals surface area contributed by atoms with Crippen LogP contribution in [0, 0.1) is 0 Å². The lowest BCUT2D eigenvalue weighted by Gasteiger charge is -2.13. The van der Waals surface area contributed by atoms with Gasteiger partial charge in [0.15, 0.2) is 0 Å². The first-order valence-electron chi connectivity index (χ1n) is 7.75. The number of ether oxygens (including phenoxy) is 1. The monoisotopic (exact) mass is 335 g/mol. The van der Waals surface area contributed by atoms with Crippen LogP contribution < -0.4 is 4.90 Å². The van der Waals surface area contributed by atoms with Crippen LogP contribution in [0.15, 0.2) is 42.5 Å². The molecule has 4 rings (SSSR count). The van der Waals surface area contributed by atoms with Gasteiger partial charge < -0.3 is 9.72 Å². The second kappa shape index (κ2) is 5.55. The molecule has 25 heavy (non-hydrogen) atoms. The van der Waals surface area contributed by atoms with E-state index in [0.717, 1.165) is 4.90 Å². The first-order chi connectivity index (χ1) is 12.1. The third kappa shape index (κ3) is 2.28. The highest BCUT2D eigenvalue weighted by Crippen LogP contribution is 2.29. The summed E-state index contributed by atoms with van der Waals surface area (Å²) < 4.78 is 4.91. The number of hydrogen-bond acceptors (Lipinski definition) is 5. The van der Waals surface area contributed by atoms with Crippen molar-refractivity contribution in [3.63, 3.8) is 0 Å². The predicted molar refractivity (Wildman–Crippen MR) is 89.6 cm³/mol. The summed E-state index contributed by atoms with van der Waals surface area (Å²) in [6, 6.07) is 11.6. The smallest absolute Gasteiger partial charge is 0.374 e. The molecular formula is C18H13N3O4. The summed E-state index contributed by atoms with van der Waals surface area (Å²) in [6.45, 7) is 1.96. The van der Waals surface area contributed by atoms with Gasteiger partial charge in [-0.2, -0.15) is 0 Å². The normalized spacial score (nSPS) is 13.4. The topological polar surface area (TPSA) is 92.4 Å². The third-order valence-electron chi connectivity index (χ3n) is 3.99. The minimum atomic E-state index is -0.555. The van der Waals surface area contributed by atoms with Crippen molar-refractivity contribution in [2.75, 3.05) is 11.5 Å². The minimum absolute atomic E-state index is 0.0800. The standard InChI is InChI=1S/C18H13N3O4/c1-2-25-18(24)15-19-13-8-7-10(9-14(13)20-15)21-16(22)11-5-3-4-6-12(11)17(21)23/h3-9H,2H2,1H3,(H,19,20). The number of carbonyl (C=O) groups is 3. The number of carbonyl (C=O) groups excluding carboxylic acids is 3. The number of esters is 1. The van der Waals surface area contributed by atoms with Crippen molar-refractivity contribution in [1.82, 2.24) is 9.97 Å². The van der Waals surface area contributed by atoms with E-state index in [9.17, 15) is 14.4 Å². The average Bonchev–Trinajstić information content (AvgIpc) is 3.15. The highest BCUT2D eigenvalue weighted by molar-refractivity contribution is 6.34. The first kappa shape index (κ1) is 15.1. The Labute approximate surface area is 142 Å². The van der Waals surface area contributed by atoms with Crippen LogP contribution in [-0.4, -0.2) is 34.4 Å². The summed E-state index contributed by atoms with van der Waals surface area (Å²) in [5.74, 6) is -1.22. The molecule has 0 unspecified atom stereocenters. The molecule has 0 fully saturated rings. The molecular weight excluding hydrogens is 322 g/mol. The average molecular weight is 335 g/mol. The number of aromatic amines is 1. The quantitative estimate of drug-likeness (QED) is 0.586. The molecule has 124 valence electrons. The van der Waals surface area contributed by atoms with E-state index in [-0.39, 0.29) is 24.2 Å². The van der Waals surface area contributed by atoms with Crippen LogP contribution in [0.4, 0.5) is 5.69 Å². The maximum Gasteiger partial charge on any atom is 0.374 e. The van der Waals surface area contributed by atoms with E-state index in [4.69, 9.17) is 4.74 Å². The summed E-state index contributed by atoms with van der Waals surface area (Å²) in [5, 5.41) is 0. The molecule has 2 heterocycles. The fourth-order valence-electron chi connectivity index (χ4n) is 2.86. The van der Waals surface area contributed by atoms with Gasteiger partial charge in [-0.3, -0.25) is 9.59 Å². The summed E-state index contributed by atoms with van der Waals surface area (Å²) in [6.07, 6.45) is 0. The number of anilines is 1. The van der Waals surface area contributed by atoms with E-state index in [0.29, 0.717) is 27.8 Å². The number of imide groups is 1. The van der Waals surface area contributed by atoms with Crippen molar-refractivity contribution in [2.24, 2.45) is 0 Å². The van der Waals surface area contributed by atoms with Gasteiger partial charge in [0, 0.05) is 0 Å². The van der Waals surface area contributed by atoms with Gasteiger partial charge in [0.2, 0.25) is 5.82 Å². The number of hydrogen-bond donors (Lipinski definition) is 1. The number of aromatic nitrogens is 2. The molecule has 1 aromatic heterocycles. The maximum atomic E-state index is 12.5. The Morgan fingerprint density at radius 1 is 1.12 bits per heavy atom. The molecule has 7 heteroatoms. The maximum absolute atomic E-state index is 12.5. The molecule has 1 N–H and O–H groups in total. The lowest BCUT2D eigenvalue weighted by Crippen LogP contribution is -2.29. The molecule has 0 saturated carbocycles. The Balaban J connectivity index is 1.74. The third-order valence-corrected chi connectivity index (χ3v) is 3.99. The number of H-pyrrole nitrogens is 1. The largest absolute Gasteiger partial charge is 0.460 e. The first-order valence-corrected chi connectivity index (χ1v) is 7.75. The second-order valence-corrected chi connectivity index (χ2v) is 5.50. The van der Waals surface area contributed by atoms with E-state index in [2.05, 4.69) is 9.97 Å². The SMILES string of the molecule is CCOC(=O)c1nc2ccc(N3C(=O)c4ccccc4C3=O)cc2[nH]1. The molecule has 2 aromatic carbocycles. The number of rotatable bonds is 3. The van der Waals surface area contributed by atoms with Gasteiger partial charge in [-0.15, -0.1) is 0 Å². The highest BCUT2D eigenvalue weighted by Gasteiger charge is 2.36. The number of imidazole rings is 1. The number of amides is 2. The van der Waals surface area contributed by atoms with Crippen molar-refractivity contribution < 1.29 is 19.1 Å². The lowest BCUT2D eigenvalue weighted by molar-refractivity contribution is 0.0513. The lowest BCUT2D eigenvalue weighted by atomic mass is 10.1. The van der Waals surface area contributed by atoms with Gasteiger partial charge in [-0.1, -0.05) is 12.1 Å². The summed E-state index contributed by atoms with van der Waals surface area (Å²) in [4.78, 5) is 45.0. The van der Waals surface area contributed by atoms with Gasteiger partial charge >= 0.3 is 5.97 Å². The summed E-state index contributed by atoms with van der Waals surface area (Å²) in [7, 11) is 0. The van der Waals surface area contributed by atoms with Crippen LogP contribution in [0.1, 0.15) is 38.3 Å². The Kier molecular flexibility index (Phi) is 3.35. The van der Waals surface area contributed by atoms with Crippen LogP contribution in [0.25, 0.3) is 11.0 Å². The zero-order chi connectivity index (χ0) is 17.6. The molecule has 1 aliphatic rings. The van der Waals surface area contributed by atoms with Crippen LogP contribution in [-0.2, 0) is 4.74 Å². The molecule has 7 nitrogen and oxygen atoms in total. The van der Waals surface area contributed by atoms with Gasteiger partial charge in [-0.25, -0.2) is 14.7 Å². The molecule has 0 bridgehead atoms. The van der Waals surface area contributed by atoms with E-state index < -0.39 is 5.97 Å². The van der Waals surface area contributed by atoms with Gasteiger partial charge in [0.1, 0.15) is 0 Å². The molecule has 0 radical (unpaired) electrons. The zero-order valence-corrected chi connectivity index (χ0v) is 13.3. The molecule has 1 aliphatic heterocycles. The van der Waals surface area contributed by atoms with Crippen LogP contribution >= 0.6 is 0 Å². The van der Waals surface area contributed by atoms with Crippen molar-refractivity contribution in [3.8, 4) is 0 Å². The predicted octanol–water partition coefficient (Wildman–Crippen LogP) is 2.54. The molecule has 0 spiro atoms. The van der Waals surface area contributed by atoms with Gasteiger partial charge in [-0.05, 0) is 37.3 Å². The van der Waals surface area contributed by atoms with E-state index in [1.807, 2.05) is 0 Å². The molecule has 3 aromatic rings. The van der Waals surface area contributed by atoms with Gasteiger partial charge in [0.25, 0.3) is 11.8 Å². The van der Waals surface area contributed by atoms with Crippen molar-refractivity contribution in [2.45, 2.75) is 6.92 Å². The fourth-order valence-corrected chi connectivity index (χ4v) is 2.86. The van der Waals surface area contributed by atoms with Crippen molar-refractivity contribution in [1.29, 1.82) is 0 Å². The highest BCUT2D eigenvalue weighted by atomic mass is 16.5. The summed E-state index contributed by atoms with van der Waals surface area (Å²) >= 11 is 0. The second-order valence-electron chi connectivity index (χ2n) is 5.50.